The van der Waals surface area contributed by atoms with Crippen LogP contribution in [0, 0.1) is 0 Å². The molecule has 0 spiro atoms. The number of carboxylic acid groups (broad SMARTS) is 1. The number of benzene rings is 3. The van der Waals surface area contributed by atoms with E-state index in [1.54, 1.807) is 29.2 Å². The van der Waals surface area contributed by atoms with Crippen LogP contribution in [0.1, 0.15) is 47.2 Å². The summed E-state index contributed by atoms with van der Waals surface area (Å²) in [5, 5.41) is 23.5. The molecule has 8 heteroatoms. The lowest BCUT2D eigenvalue weighted by Gasteiger charge is -2.24. The summed E-state index contributed by atoms with van der Waals surface area (Å²) in [6, 6.07) is 23.6. The Morgan fingerprint density at radius 1 is 0.895 bits per heavy atom. The zero-order valence-corrected chi connectivity index (χ0v) is 21.0. The Labute approximate surface area is 221 Å². The molecule has 0 saturated carbocycles. The van der Waals surface area contributed by atoms with E-state index in [-0.39, 0.29) is 12.6 Å². The maximum atomic E-state index is 13.4. The molecule has 3 amide bonds. The maximum Gasteiger partial charge on any atom is 0.334 e. The van der Waals surface area contributed by atoms with Crippen LogP contribution in [0.4, 0.5) is 16.2 Å². The van der Waals surface area contributed by atoms with Crippen LogP contribution in [0.3, 0.4) is 0 Å². The van der Waals surface area contributed by atoms with E-state index in [4.69, 9.17) is 5.11 Å². The average Bonchev–Trinajstić information content (AvgIpc) is 2.95. The summed E-state index contributed by atoms with van der Waals surface area (Å²) < 4.78 is 0. The predicted octanol–water partition coefficient (Wildman–Crippen LogP) is 5.06. The fourth-order valence-electron chi connectivity index (χ4n) is 4.27. The Hall–Kier alpha value is -4.43. The van der Waals surface area contributed by atoms with Gasteiger partial charge in [-0.1, -0.05) is 48.5 Å². The molecule has 4 rings (SSSR count). The molecule has 38 heavy (non-hydrogen) atoms. The molecule has 0 saturated heterocycles. The van der Waals surface area contributed by atoms with E-state index in [1.165, 1.54) is 24.0 Å². The van der Waals surface area contributed by atoms with Crippen LogP contribution < -0.4 is 15.5 Å². The Morgan fingerprint density at radius 3 is 2.24 bits per heavy atom. The number of nitrogens with one attached hydrogen (secondary N) is 2. The normalized spacial score (nSPS) is 13.7. The second kappa shape index (κ2) is 12.7. The number of carboxylic acids is 1. The van der Waals surface area contributed by atoms with Gasteiger partial charge in [0.25, 0.3) is 5.91 Å². The summed E-state index contributed by atoms with van der Waals surface area (Å²) in [5.74, 6) is -1.90. The van der Waals surface area contributed by atoms with Gasteiger partial charge in [-0.05, 0) is 78.8 Å². The standard InChI is InChI=1S/C30H31N3O5/c34-27(29(36)37)19-31-28(35)24-13-11-21(12-14-24)20-33(30(38)32-25-9-5-2-6-10-25)26-17-15-23(16-18-26)22-7-3-1-4-8-22/h2,5-7,9-18,27,34H,1,3-4,8,19-20H2,(H,31,35)(H,32,38)(H,36,37)/t27-/m1/s1. The first kappa shape index (κ1) is 26.6. The van der Waals surface area contributed by atoms with Gasteiger partial charge < -0.3 is 20.8 Å². The number of carbonyl (C=O) groups is 3. The van der Waals surface area contributed by atoms with Gasteiger partial charge in [-0.3, -0.25) is 9.69 Å². The molecule has 0 radical (unpaired) electrons. The second-order valence-electron chi connectivity index (χ2n) is 9.17. The first-order chi connectivity index (χ1) is 18.4. The van der Waals surface area contributed by atoms with Crippen LogP contribution in [-0.4, -0.2) is 40.8 Å². The molecule has 3 aromatic rings. The van der Waals surface area contributed by atoms with E-state index in [0.29, 0.717) is 11.3 Å². The lowest BCUT2D eigenvalue weighted by atomic mass is 9.93. The molecule has 3 aromatic carbocycles. The quantitative estimate of drug-likeness (QED) is 0.319. The third-order valence-corrected chi connectivity index (χ3v) is 6.41. The van der Waals surface area contributed by atoms with E-state index in [0.717, 1.165) is 24.1 Å². The fourth-order valence-corrected chi connectivity index (χ4v) is 4.27. The van der Waals surface area contributed by atoms with Gasteiger partial charge in [-0.25, -0.2) is 9.59 Å². The number of anilines is 2. The van der Waals surface area contributed by atoms with Crippen molar-refractivity contribution in [3.8, 4) is 0 Å². The van der Waals surface area contributed by atoms with Crippen molar-refractivity contribution >= 4 is 34.9 Å². The van der Waals surface area contributed by atoms with Crippen LogP contribution in [0.15, 0.2) is 84.9 Å². The van der Waals surface area contributed by atoms with E-state index in [2.05, 4.69) is 16.7 Å². The third-order valence-electron chi connectivity index (χ3n) is 6.41. The number of rotatable bonds is 9. The van der Waals surface area contributed by atoms with Crippen molar-refractivity contribution < 1.29 is 24.6 Å². The summed E-state index contributed by atoms with van der Waals surface area (Å²) >= 11 is 0. The smallest absolute Gasteiger partial charge is 0.334 e. The Balaban J connectivity index is 1.51. The minimum atomic E-state index is -1.67. The number of para-hydroxylation sites is 1. The Bertz CT molecular complexity index is 1290. The van der Waals surface area contributed by atoms with Crippen molar-refractivity contribution in [2.45, 2.75) is 38.3 Å². The third kappa shape index (κ3) is 7.08. The first-order valence-corrected chi connectivity index (χ1v) is 12.6. The van der Waals surface area contributed by atoms with Crippen molar-refractivity contribution in [1.29, 1.82) is 0 Å². The Morgan fingerprint density at radius 2 is 1.61 bits per heavy atom. The highest BCUT2D eigenvalue weighted by atomic mass is 16.4. The average molecular weight is 514 g/mol. The highest BCUT2D eigenvalue weighted by molar-refractivity contribution is 6.01. The SMILES string of the molecule is O=C(NC[C@@H](O)C(=O)O)c1ccc(CN(C(=O)Nc2ccccc2)c2ccc(C3=CCCCC3)cc2)cc1. The summed E-state index contributed by atoms with van der Waals surface area (Å²) in [6.45, 7) is -0.128. The molecule has 0 aromatic heterocycles. The largest absolute Gasteiger partial charge is 0.479 e. The number of aliphatic carboxylic acids is 1. The van der Waals surface area contributed by atoms with Crippen LogP contribution in [0.5, 0.6) is 0 Å². The van der Waals surface area contributed by atoms with Crippen molar-refractivity contribution in [1.82, 2.24) is 5.32 Å². The highest BCUT2D eigenvalue weighted by Crippen LogP contribution is 2.29. The highest BCUT2D eigenvalue weighted by Gasteiger charge is 2.19. The molecule has 0 aliphatic heterocycles. The molecule has 0 fully saturated rings. The number of urea groups is 1. The summed E-state index contributed by atoms with van der Waals surface area (Å²) in [5.41, 5.74) is 5.05. The fraction of sp³-hybridized carbons (Fsp3) is 0.233. The summed E-state index contributed by atoms with van der Waals surface area (Å²) in [4.78, 5) is 38.0. The minimum absolute atomic E-state index is 0.264. The van der Waals surface area contributed by atoms with Crippen LogP contribution in [-0.2, 0) is 11.3 Å². The van der Waals surface area contributed by atoms with Gasteiger partial charge in [0.2, 0.25) is 0 Å². The Kier molecular flexibility index (Phi) is 8.89. The molecule has 196 valence electrons. The second-order valence-corrected chi connectivity index (χ2v) is 9.17. The number of nitrogens with zero attached hydrogens (tertiary/aromatic N) is 1. The number of hydrogen-bond donors (Lipinski definition) is 4. The number of aliphatic hydroxyl groups is 1. The van der Waals surface area contributed by atoms with Crippen molar-refractivity contribution in [2.24, 2.45) is 0 Å². The number of aliphatic hydroxyl groups excluding tert-OH is 1. The number of hydrogen-bond acceptors (Lipinski definition) is 4. The van der Waals surface area contributed by atoms with Gasteiger partial charge in [-0.2, -0.15) is 0 Å². The lowest BCUT2D eigenvalue weighted by molar-refractivity contribution is -0.146. The van der Waals surface area contributed by atoms with Gasteiger partial charge in [-0.15, -0.1) is 0 Å². The zero-order valence-electron chi connectivity index (χ0n) is 21.0. The molecule has 1 atom stereocenters. The molecule has 0 heterocycles. The van der Waals surface area contributed by atoms with Crippen molar-refractivity contribution in [2.75, 3.05) is 16.8 Å². The molecular formula is C30H31N3O5. The van der Waals surface area contributed by atoms with Gasteiger partial charge in [0.1, 0.15) is 0 Å². The molecule has 0 unspecified atom stereocenters. The van der Waals surface area contributed by atoms with Crippen LogP contribution >= 0.6 is 0 Å². The minimum Gasteiger partial charge on any atom is -0.479 e. The predicted molar refractivity (Wildman–Crippen MR) is 147 cm³/mol. The van der Waals surface area contributed by atoms with Crippen molar-refractivity contribution in [3.63, 3.8) is 0 Å². The summed E-state index contributed by atoms with van der Waals surface area (Å²) in [6.07, 6.45) is 5.19. The number of allylic oxidation sites excluding steroid dienone is 2. The van der Waals surface area contributed by atoms with Gasteiger partial charge in [0.15, 0.2) is 6.10 Å². The topological polar surface area (TPSA) is 119 Å². The van der Waals surface area contributed by atoms with Gasteiger partial charge in [0, 0.05) is 16.9 Å². The molecule has 4 N–H and O–H groups in total. The molecule has 1 aliphatic rings. The molecule has 8 nitrogen and oxygen atoms in total. The number of amides is 3. The molecular weight excluding hydrogens is 482 g/mol. The number of carbonyl (C=O) groups excluding carboxylic acids is 2. The molecule has 0 bridgehead atoms. The van der Waals surface area contributed by atoms with Crippen molar-refractivity contribution in [3.05, 3.63) is 102 Å². The van der Waals surface area contributed by atoms with Crippen LogP contribution in [0.2, 0.25) is 0 Å². The van der Waals surface area contributed by atoms with E-state index in [1.807, 2.05) is 54.6 Å². The monoisotopic (exact) mass is 513 g/mol. The van der Waals surface area contributed by atoms with E-state index < -0.39 is 24.5 Å². The zero-order chi connectivity index (χ0) is 26.9. The van der Waals surface area contributed by atoms with Gasteiger partial charge in [0.05, 0.1) is 13.1 Å². The molecule has 1 aliphatic carbocycles. The van der Waals surface area contributed by atoms with E-state index in [9.17, 15) is 19.5 Å². The van der Waals surface area contributed by atoms with Crippen LogP contribution in [0.25, 0.3) is 5.57 Å². The summed E-state index contributed by atoms with van der Waals surface area (Å²) in [7, 11) is 0. The van der Waals surface area contributed by atoms with E-state index >= 15 is 0 Å². The lowest BCUT2D eigenvalue weighted by Crippen LogP contribution is -2.36. The maximum absolute atomic E-state index is 13.4. The van der Waals surface area contributed by atoms with Gasteiger partial charge >= 0.3 is 12.0 Å². The first-order valence-electron chi connectivity index (χ1n) is 12.6.